The zero-order chi connectivity index (χ0) is 32.8. The van der Waals surface area contributed by atoms with Gasteiger partial charge in [0.25, 0.3) is 23.6 Å². The number of anilines is 2. The lowest BCUT2D eigenvalue weighted by molar-refractivity contribution is -0.118. The molecule has 0 aromatic heterocycles. The van der Waals surface area contributed by atoms with Crippen molar-refractivity contribution in [2.45, 2.75) is 16.2 Å². The largest absolute Gasteiger partial charge is 0.483 e. The van der Waals surface area contributed by atoms with Crippen LogP contribution in [-0.4, -0.2) is 61.4 Å². The number of carbonyl (C=O) groups is 4. The van der Waals surface area contributed by atoms with E-state index in [-0.39, 0.29) is 60.7 Å². The lowest BCUT2D eigenvalue weighted by Crippen LogP contribution is -2.35. The summed E-state index contributed by atoms with van der Waals surface area (Å²) in [6.07, 6.45) is 0.879. The molecule has 0 unspecified atom stereocenters. The Hall–Kier alpha value is -4.94. The lowest BCUT2D eigenvalue weighted by atomic mass is 10.2. The molecule has 4 aromatic rings. The van der Waals surface area contributed by atoms with Crippen LogP contribution in [0.1, 0.15) is 27.1 Å². The van der Waals surface area contributed by atoms with Gasteiger partial charge in [0.1, 0.15) is 11.5 Å². The molecule has 12 heteroatoms. The Morgan fingerprint density at radius 1 is 0.511 bits per heavy atom. The predicted octanol–water partition coefficient (Wildman–Crippen LogP) is 5.47. The van der Waals surface area contributed by atoms with Crippen LogP contribution in [0.3, 0.4) is 0 Å². The van der Waals surface area contributed by atoms with Gasteiger partial charge in [-0.1, -0.05) is 48.5 Å². The molecule has 4 aromatic carbocycles. The van der Waals surface area contributed by atoms with Gasteiger partial charge in [-0.3, -0.25) is 19.2 Å². The highest BCUT2D eigenvalue weighted by atomic mass is 32.2. The first-order chi connectivity index (χ1) is 23.0. The molecule has 0 atom stereocenters. The zero-order valence-electron chi connectivity index (χ0n) is 25.5. The van der Waals surface area contributed by atoms with Crippen molar-refractivity contribution in [3.8, 4) is 11.5 Å². The molecule has 0 spiro atoms. The van der Waals surface area contributed by atoms with E-state index < -0.39 is 11.8 Å². The van der Waals surface area contributed by atoms with E-state index in [1.54, 1.807) is 72.1 Å². The molecular weight excluding hydrogens is 637 g/mol. The molecule has 0 radical (unpaired) electrons. The predicted molar refractivity (Wildman–Crippen MR) is 185 cm³/mol. The summed E-state index contributed by atoms with van der Waals surface area (Å²) in [7, 11) is 0. The molecule has 4 amide bonds. The summed E-state index contributed by atoms with van der Waals surface area (Å²) in [6.45, 7) is -0.297. The lowest BCUT2D eigenvalue weighted by Gasteiger charge is -2.14. The van der Waals surface area contributed by atoms with Crippen molar-refractivity contribution < 1.29 is 28.7 Å². The van der Waals surface area contributed by atoms with Gasteiger partial charge < -0.3 is 30.7 Å². The number of carbonyl (C=O) groups excluding carboxylic acids is 4. The highest BCUT2D eigenvalue weighted by Gasteiger charge is 2.17. The van der Waals surface area contributed by atoms with Crippen molar-refractivity contribution in [2.24, 2.45) is 0 Å². The highest BCUT2D eigenvalue weighted by Crippen LogP contribution is 2.31. The first-order valence-electron chi connectivity index (χ1n) is 15.0. The molecular formula is C35H34N4O6S2. The number of thioether (sulfide) groups is 2. The number of fused-ring (bicyclic) bond motifs is 4. The summed E-state index contributed by atoms with van der Waals surface area (Å²) in [6, 6.07) is 28.4. The maximum Gasteiger partial charge on any atom is 0.262 e. The molecule has 0 saturated heterocycles. The van der Waals surface area contributed by atoms with Gasteiger partial charge in [0, 0.05) is 22.9 Å². The van der Waals surface area contributed by atoms with Crippen molar-refractivity contribution in [2.75, 3.05) is 48.4 Å². The number of benzene rings is 4. The van der Waals surface area contributed by atoms with Gasteiger partial charge in [-0.2, -0.15) is 0 Å². The summed E-state index contributed by atoms with van der Waals surface area (Å²) < 4.78 is 11.5. The number of ether oxygens (including phenoxy) is 2. The van der Waals surface area contributed by atoms with Crippen LogP contribution in [0, 0.1) is 0 Å². The summed E-state index contributed by atoms with van der Waals surface area (Å²) in [5.41, 5.74) is 1.89. The number of amides is 4. The standard InChI is InChI=1S/C35H34N4O6S2/c40-32-22-44-28-14-5-1-10-24(28)34(42)36-18-19-37-35(43)25-11-2-6-15-29(25)45-23-33(41)39-27-13-4-8-17-31(27)47-21-9-20-46-30-16-7-3-12-26(30)38-32/h1-8,10-17H,9,18-23H2,(H,36,42)(H,37,43)(H,38,40)(H,39,41). The fourth-order valence-corrected chi connectivity index (χ4v) is 6.68. The second-order valence-electron chi connectivity index (χ2n) is 10.2. The third-order valence-electron chi connectivity index (χ3n) is 6.80. The van der Waals surface area contributed by atoms with E-state index in [9.17, 15) is 19.2 Å². The topological polar surface area (TPSA) is 135 Å². The molecule has 10 nitrogen and oxygen atoms in total. The second kappa shape index (κ2) is 17.1. The van der Waals surface area contributed by atoms with Gasteiger partial charge in [0.15, 0.2) is 13.2 Å². The van der Waals surface area contributed by atoms with Crippen LogP contribution in [0.25, 0.3) is 0 Å². The quantitative estimate of drug-likeness (QED) is 0.194. The molecule has 0 bridgehead atoms. The Morgan fingerprint density at radius 2 is 0.915 bits per heavy atom. The smallest absolute Gasteiger partial charge is 0.262 e. The van der Waals surface area contributed by atoms with Crippen LogP contribution in [0.4, 0.5) is 11.4 Å². The van der Waals surface area contributed by atoms with Crippen LogP contribution >= 0.6 is 23.5 Å². The first kappa shape index (κ1) is 33.4. The molecule has 47 heavy (non-hydrogen) atoms. The fraction of sp³-hybridized carbons (Fsp3) is 0.200. The molecule has 1 aliphatic heterocycles. The number of para-hydroxylation sites is 4. The Morgan fingerprint density at radius 3 is 1.38 bits per heavy atom. The molecule has 4 N–H and O–H groups in total. The van der Waals surface area contributed by atoms with E-state index in [0.717, 1.165) is 27.7 Å². The van der Waals surface area contributed by atoms with Crippen LogP contribution in [-0.2, 0) is 9.59 Å². The number of rotatable bonds is 0. The minimum atomic E-state index is -0.413. The van der Waals surface area contributed by atoms with Gasteiger partial charge in [-0.15, -0.1) is 23.5 Å². The van der Waals surface area contributed by atoms with E-state index in [1.165, 1.54) is 0 Å². The van der Waals surface area contributed by atoms with Gasteiger partial charge >= 0.3 is 0 Å². The Balaban J connectivity index is 1.31. The van der Waals surface area contributed by atoms with Crippen molar-refractivity contribution in [1.82, 2.24) is 10.6 Å². The molecule has 5 rings (SSSR count). The van der Waals surface area contributed by atoms with Crippen LogP contribution < -0.4 is 30.7 Å². The molecule has 0 fully saturated rings. The fourth-order valence-electron chi connectivity index (χ4n) is 4.58. The Labute approximate surface area is 281 Å². The van der Waals surface area contributed by atoms with E-state index >= 15 is 0 Å². The van der Waals surface area contributed by atoms with E-state index in [4.69, 9.17) is 9.47 Å². The average Bonchev–Trinajstić information content (AvgIpc) is 3.09. The second-order valence-corrected chi connectivity index (χ2v) is 12.5. The normalized spacial score (nSPS) is 15.7. The van der Waals surface area contributed by atoms with E-state index in [0.29, 0.717) is 11.4 Å². The van der Waals surface area contributed by atoms with E-state index in [1.807, 2.05) is 48.5 Å². The van der Waals surface area contributed by atoms with Crippen LogP contribution in [0.2, 0.25) is 0 Å². The third-order valence-corrected chi connectivity index (χ3v) is 9.12. The SMILES string of the molecule is O=C1COc2ccccc2C(=O)NCCNC(=O)c2ccccc2OCC(=O)Nc2ccccc2SCCCSc2ccccc2N1. The summed E-state index contributed by atoms with van der Waals surface area (Å²) in [4.78, 5) is 53.5. The van der Waals surface area contributed by atoms with Gasteiger partial charge in [0.2, 0.25) is 0 Å². The minimum Gasteiger partial charge on any atom is -0.483 e. The Kier molecular flexibility index (Phi) is 12.2. The molecule has 0 aliphatic carbocycles. The number of hydrogen-bond donors (Lipinski definition) is 4. The summed E-state index contributed by atoms with van der Waals surface area (Å²) >= 11 is 3.28. The highest BCUT2D eigenvalue weighted by molar-refractivity contribution is 8.00. The number of nitrogens with one attached hydrogen (secondary N) is 4. The monoisotopic (exact) mass is 670 g/mol. The van der Waals surface area contributed by atoms with Gasteiger partial charge in [0.05, 0.1) is 22.5 Å². The van der Waals surface area contributed by atoms with Crippen LogP contribution in [0.15, 0.2) is 107 Å². The van der Waals surface area contributed by atoms with Gasteiger partial charge in [-0.05, 0) is 66.5 Å². The molecule has 1 aliphatic rings. The van der Waals surface area contributed by atoms with E-state index in [2.05, 4.69) is 21.3 Å². The summed E-state index contributed by atoms with van der Waals surface area (Å²) in [5.74, 6) is 0.616. The average molecular weight is 671 g/mol. The molecule has 0 saturated carbocycles. The van der Waals surface area contributed by atoms with Crippen LogP contribution in [0.5, 0.6) is 11.5 Å². The zero-order valence-corrected chi connectivity index (χ0v) is 27.1. The van der Waals surface area contributed by atoms with Gasteiger partial charge in [-0.25, -0.2) is 0 Å². The maximum atomic E-state index is 13.0. The third kappa shape index (κ3) is 9.77. The van der Waals surface area contributed by atoms with Crippen molar-refractivity contribution >= 4 is 58.5 Å². The number of hydrogen-bond acceptors (Lipinski definition) is 8. The maximum absolute atomic E-state index is 13.0. The van der Waals surface area contributed by atoms with Crippen molar-refractivity contribution in [1.29, 1.82) is 0 Å². The van der Waals surface area contributed by atoms with Crippen molar-refractivity contribution in [3.63, 3.8) is 0 Å². The summed E-state index contributed by atoms with van der Waals surface area (Å²) in [5, 5.41) is 11.4. The first-order valence-corrected chi connectivity index (χ1v) is 17.0. The minimum absolute atomic E-state index is 0.136. The molecule has 1 heterocycles. The molecule has 242 valence electrons. The van der Waals surface area contributed by atoms with Crippen molar-refractivity contribution in [3.05, 3.63) is 108 Å². The Bertz CT molecular complexity index is 1610.